The van der Waals surface area contributed by atoms with Crippen molar-refractivity contribution in [1.82, 2.24) is 0 Å². The predicted molar refractivity (Wildman–Crippen MR) is 331 cm³/mol. The fourth-order valence-corrected chi connectivity index (χ4v) is 12.0. The van der Waals surface area contributed by atoms with Gasteiger partial charge in [0.05, 0.1) is 39.6 Å². The van der Waals surface area contributed by atoms with Crippen LogP contribution in [0.5, 0.6) is 0 Å². The van der Waals surface area contributed by atoms with E-state index in [9.17, 15) is 18.7 Å². The number of carbonyl (C=O) groups is 2. The van der Waals surface area contributed by atoms with E-state index in [1.54, 1.807) is 0 Å². The van der Waals surface area contributed by atoms with Crippen LogP contribution in [0.15, 0.2) is 121 Å². The maximum absolute atomic E-state index is 14.7. The Morgan fingerprint density at radius 2 is 0.512 bits per heavy atom. The molecule has 14 heteroatoms. The van der Waals surface area contributed by atoms with Gasteiger partial charge in [-0.2, -0.15) is 0 Å². The van der Waals surface area contributed by atoms with Gasteiger partial charge in [0.15, 0.2) is 12.2 Å². The Kier molecular flexibility index (Phi) is 39.9. The van der Waals surface area contributed by atoms with Crippen LogP contribution >= 0.6 is 15.6 Å². The van der Waals surface area contributed by atoms with Crippen molar-refractivity contribution < 1.29 is 55.3 Å². The van der Waals surface area contributed by atoms with E-state index in [-0.39, 0.29) is 39.3 Å². The molecule has 0 radical (unpaired) electrons. The van der Waals surface area contributed by atoms with Crippen molar-refractivity contribution in [2.75, 3.05) is 13.2 Å². The van der Waals surface area contributed by atoms with Gasteiger partial charge in [0.1, 0.15) is 0 Å². The number of carbonyl (C=O) groups excluding carboxylic acids is 2. The molecule has 2 atom stereocenters. The van der Waals surface area contributed by atoms with Crippen molar-refractivity contribution >= 4 is 27.6 Å². The lowest BCUT2D eigenvalue weighted by molar-refractivity contribution is -0.174. The molecule has 12 nitrogen and oxygen atoms in total. The SMILES string of the molecule is CCCCCCCCCCCCCCCCCC(=O)O[C@@H](COP(=O)(OCc1ccccc1)OCc1ccccc1)[C@H](COP(=O)(OCc1ccccc1)OCc1ccccc1)OC(=O)CCCCCCCCCCCCCCCCC. The van der Waals surface area contributed by atoms with Gasteiger partial charge in [-0.05, 0) is 35.1 Å². The van der Waals surface area contributed by atoms with E-state index in [1.165, 1.54) is 141 Å². The molecule has 0 aliphatic carbocycles. The van der Waals surface area contributed by atoms with Crippen LogP contribution < -0.4 is 0 Å². The van der Waals surface area contributed by atoms with Gasteiger partial charge < -0.3 is 9.47 Å². The van der Waals surface area contributed by atoms with Gasteiger partial charge in [-0.1, -0.05) is 315 Å². The lowest BCUT2D eigenvalue weighted by Crippen LogP contribution is -2.41. The third-order valence-corrected chi connectivity index (χ3v) is 17.4. The molecule has 0 saturated carbocycles. The number of hydrogen-bond acceptors (Lipinski definition) is 12. The highest BCUT2D eigenvalue weighted by atomic mass is 31.2. The van der Waals surface area contributed by atoms with Crippen LogP contribution in [0.4, 0.5) is 0 Å². The Balaban J connectivity index is 1.48. The van der Waals surface area contributed by atoms with Crippen molar-refractivity contribution in [2.24, 2.45) is 0 Å². The summed E-state index contributed by atoms with van der Waals surface area (Å²) < 4.78 is 77.9. The average Bonchev–Trinajstić information content (AvgIpc) is 3.51. The molecule has 4 aromatic carbocycles. The van der Waals surface area contributed by atoms with Crippen LogP contribution in [0.1, 0.15) is 242 Å². The smallest absolute Gasteiger partial charge is 0.456 e. The Bertz CT molecular complexity index is 2000. The molecule has 0 N–H and O–H groups in total. The number of ether oxygens (including phenoxy) is 2. The molecule has 4 aromatic rings. The zero-order chi connectivity index (χ0) is 58.3. The molecule has 0 aromatic heterocycles. The maximum Gasteiger partial charge on any atom is 0.475 e. The fourth-order valence-electron chi connectivity index (χ4n) is 9.64. The molecule has 0 spiro atoms. The number of hydrogen-bond donors (Lipinski definition) is 0. The second-order valence-electron chi connectivity index (χ2n) is 22.0. The van der Waals surface area contributed by atoms with Crippen LogP contribution in [0.2, 0.25) is 0 Å². The summed E-state index contributed by atoms with van der Waals surface area (Å²) in [5.74, 6) is -1.14. The zero-order valence-corrected chi connectivity index (χ0v) is 52.2. The lowest BCUT2D eigenvalue weighted by atomic mass is 10.0. The highest BCUT2D eigenvalue weighted by Crippen LogP contribution is 2.53. The summed E-state index contributed by atoms with van der Waals surface area (Å²) >= 11 is 0. The molecule has 0 bridgehead atoms. The first-order chi connectivity index (χ1) is 40.2. The summed E-state index contributed by atoms with van der Waals surface area (Å²) in [4.78, 5) is 28.0. The first-order valence-electron chi connectivity index (χ1n) is 31.8. The molecule has 0 heterocycles. The number of phosphoric ester groups is 2. The molecule has 458 valence electrons. The zero-order valence-electron chi connectivity index (χ0n) is 50.4. The van der Waals surface area contributed by atoms with E-state index in [2.05, 4.69) is 13.8 Å². The van der Waals surface area contributed by atoms with E-state index in [0.29, 0.717) is 12.8 Å². The van der Waals surface area contributed by atoms with E-state index in [0.717, 1.165) is 60.8 Å². The Morgan fingerprint density at radius 1 is 0.305 bits per heavy atom. The monoisotopic (exact) mass is 1170 g/mol. The summed E-state index contributed by atoms with van der Waals surface area (Å²) in [5, 5.41) is 0. The number of rotatable bonds is 53. The van der Waals surface area contributed by atoms with Crippen LogP contribution in [-0.4, -0.2) is 37.4 Å². The molecule has 4 rings (SSSR count). The molecular weight excluding hydrogens is 1070 g/mol. The number of phosphoric acid groups is 2. The lowest BCUT2D eigenvalue weighted by Gasteiger charge is -2.29. The quantitative estimate of drug-likeness (QED) is 0.0236. The minimum atomic E-state index is -4.44. The van der Waals surface area contributed by atoms with Gasteiger partial charge in [0.25, 0.3) is 0 Å². The minimum Gasteiger partial charge on any atom is -0.456 e. The van der Waals surface area contributed by atoms with E-state index < -0.39 is 53.0 Å². The molecule has 0 aliphatic heterocycles. The van der Waals surface area contributed by atoms with Gasteiger partial charge in [-0.25, -0.2) is 9.13 Å². The summed E-state index contributed by atoms with van der Waals surface area (Å²) in [7, 11) is -8.88. The van der Waals surface area contributed by atoms with Gasteiger partial charge >= 0.3 is 27.6 Å². The van der Waals surface area contributed by atoms with Crippen LogP contribution in [-0.2, 0) is 81.8 Å². The standard InChI is InChI=1S/C68H104O12P2/c1-3-5-7-9-11-13-15-17-19-21-23-25-27-29-43-53-67(69)79-65(59-77-81(71,73-55-61-45-35-31-36-46-61)74-56-62-47-37-32-38-48-62)66(80-68(70)54-44-30-28-26-24-22-20-18-16-14-12-10-8-6-4-2)60-78-82(72,75-57-63-49-39-33-40-50-63)76-58-64-51-41-34-42-52-64/h31-42,45-52,65-66H,3-30,43-44,53-60H2,1-2H3/t65-,66-/m0/s1. The largest absolute Gasteiger partial charge is 0.475 e. The molecule has 0 unspecified atom stereocenters. The fraction of sp³-hybridized carbons (Fsp3) is 0.618. The molecule has 0 aliphatic rings. The predicted octanol–water partition coefficient (Wildman–Crippen LogP) is 20.4. The summed E-state index contributed by atoms with van der Waals surface area (Å²) in [6, 6.07) is 36.8. The van der Waals surface area contributed by atoms with Crippen molar-refractivity contribution in [3.05, 3.63) is 144 Å². The molecule has 0 amide bonds. The third-order valence-electron chi connectivity index (χ3n) is 14.7. The molecule has 0 fully saturated rings. The first kappa shape index (κ1) is 70.5. The third kappa shape index (κ3) is 35.4. The highest BCUT2D eigenvalue weighted by Gasteiger charge is 2.38. The van der Waals surface area contributed by atoms with Crippen LogP contribution in [0.3, 0.4) is 0 Å². The summed E-state index contributed by atoms with van der Waals surface area (Å²) in [6.07, 6.45) is 32.9. The van der Waals surface area contributed by atoms with E-state index in [4.69, 9.17) is 36.6 Å². The Hall–Kier alpha value is -3.96. The number of benzene rings is 4. The van der Waals surface area contributed by atoms with Crippen molar-refractivity contribution in [1.29, 1.82) is 0 Å². The maximum atomic E-state index is 14.7. The van der Waals surface area contributed by atoms with Gasteiger partial charge in [-0.15, -0.1) is 0 Å². The van der Waals surface area contributed by atoms with Crippen molar-refractivity contribution in [3.63, 3.8) is 0 Å². The minimum absolute atomic E-state index is 0.0843. The number of unbranched alkanes of at least 4 members (excludes halogenated alkanes) is 28. The van der Waals surface area contributed by atoms with Crippen LogP contribution in [0.25, 0.3) is 0 Å². The Morgan fingerprint density at radius 3 is 0.732 bits per heavy atom. The van der Waals surface area contributed by atoms with E-state index in [1.807, 2.05) is 121 Å². The van der Waals surface area contributed by atoms with Crippen molar-refractivity contribution in [2.45, 2.75) is 258 Å². The second-order valence-corrected chi connectivity index (χ2v) is 25.3. The van der Waals surface area contributed by atoms with Gasteiger partial charge in [-0.3, -0.25) is 36.7 Å². The molecular formula is C68H104O12P2. The first-order valence-corrected chi connectivity index (χ1v) is 34.7. The normalized spacial score (nSPS) is 12.6. The topological polar surface area (TPSA) is 142 Å². The van der Waals surface area contributed by atoms with Crippen LogP contribution in [0, 0.1) is 0 Å². The second kappa shape index (κ2) is 46.3. The highest BCUT2D eigenvalue weighted by molar-refractivity contribution is 7.48. The van der Waals surface area contributed by atoms with Crippen molar-refractivity contribution in [3.8, 4) is 0 Å². The Labute approximate surface area is 495 Å². The molecule has 82 heavy (non-hydrogen) atoms. The van der Waals surface area contributed by atoms with E-state index >= 15 is 0 Å². The summed E-state index contributed by atoms with van der Waals surface area (Å²) in [6.45, 7) is 2.88. The van der Waals surface area contributed by atoms with Gasteiger partial charge in [0.2, 0.25) is 0 Å². The average molecular weight is 1180 g/mol. The number of esters is 2. The van der Waals surface area contributed by atoms with Gasteiger partial charge in [0, 0.05) is 12.8 Å². The molecule has 0 saturated heterocycles. The summed E-state index contributed by atoms with van der Waals surface area (Å²) in [5.41, 5.74) is 2.90.